The largest absolute Gasteiger partial charge is 0.461 e. The number of esters is 1. The normalized spacial score (nSPS) is 11.6. The fourth-order valence-corrected chi connectivity index (χ4v) is 1.45. The molecule has 0 amide bonds. The van der Waals surface area contributed by atoms with E-state index in [1.54, 1.807) is 0 Å². The molecule has 0 atom stereocenters. The maximum absolute atomic E-state index is 11.4. The molecule has 0 aromatic rings. The van der Waals surface area contributed by atoms with Gasteiger partial charge in [-0.1, -0.05) is 31.1 Å². The molecular weight excluding hydrogens is 224 g/mol. The van der Waals surface area contributed by atoms with E-state index in [0.29, 0.717) is 18.9 Å². The summed E-state index contributed by atoms with van der Waals surface area (Å²) in [6, 6.07) is 0. The van der Waals surface area contributed by atoms with Crippen LogP contribution < -0.4 is 0 Å². The molecule has 0 saturated heterocycles. The predicted molar refractivity (Wildman–Crippen MR) is 77.5 cm³/mol. The van der Waals surface area contributed by atoms with Gasteiger partial charge >= 0.3 is 5.97 Å². The summed E-state index contributed by atoms with van der Waals surface area (Å²) in [5.41, 5.74) is 2.63. The van der Waals surface area contributed by atoms with Crippen LogP contribution in [-0.4, -0.2) is 12.6 Å². The van der Waals surface area contributed by atoms with Gasteiger partial charge in [0.25, 0.3) is 0 Å². The summed E-state index contributed by atoms with van der Waals surface area (Å²) in [4.78, 5) is 11.4. The molecule has 0 spiro atoms. The van der Waals surface area contributed by atoms with Crippen LogP contribution in [-0.2, 0) is 9.53 Å². The predicted octanol–water partition coefficient (Wildman–Crippen LogP) is 4.66. The third kappa shape index (κ3) is 11.4. The zero-order valence-corrected chi connectivity index (χ0v) is 12.6. The molecule has 2 nitrogen and oxygen atoms in total. The molecule has 2 heteroatoms. The quantitative estimate of drug-likeness (QED) is 0.464. The van der Waals surface area contributed by atoms with Crippen molar-refractivity contribution in [2.45, 2.75) is 60.3 Å². The van der Waals surface area contributed by atoms with Crippen LogP contribution in [0.5, 0.6) is 0 Å². The first-order valence-corrected chi connectivity index (χ1v) is 6.86. The lowest BCUT2D eigenvalue weighted by Crippen LogP contribution is -2.06. The van der Waals surface area contributed by atoms with Crippen LogP contribution in [0.25, 0.3) is 0 Å². The van der Waals surface area contributed by atoms with E-state index in [2.05, 4.69) is 40.7 Å². The van der Waals surface area contributed by atoms with E-state index < -0.39 is 0 Å². The first-order chi connectivity index (χ1) is 8.41. The summed E-state index contributed by atoms with van der Waals surface area (Å²) in [6.45, 7) is 10.9. The van der Waals surface area contributed by atoms with Crippen molar-refractivity contribution in [2.75, 3.05) is 6.61 Å². The SMILES string of the molecule is CC(C)=CCCC(C)=CCOC(=O)CCC(C)C. The van der Waals surface area contributed by atoms with Crippen molar-refractivity contribution >= 4 is 5.97 Å². The molecule has 0 bridgehead atoms. The second-order valence-corrected chi connectivity index (χ2v) is 5.49. The van der Waals surface area contributed by atoms with Crippen LogP contribution in [0.15, 0.2) is 23.3 Å². The van der Waals surface area contributed by atoms with Gasteiger partial charge in [0.2, 0.25) is 0 Å². The molecule has 0 saturated carbocycles. The molecule has 0 heterocycles. The smallest absolute Gasteiger partial charge is 0.306 e. The van der Waals surface area contributed by atoms with Crippen LogP contribution in [0.3, 0.4) is 0 Å². The Morgan fingerprint density at radius 3 is 2.33 bits per heavy atom. The highest BCUT2D eigenvalue weighted by atomic mass is 16.5. The van der Waals surface area contributed by atoms with Crippen molar-refractivity contribution in [3.05, 3.63) is 23.3 Å². The number of hydrogen-bond acceptors (Lipinski definition) is 2. The summed E-state index contributed by atoms with van der Waals surface area (Å²) in [7, 11) is 0. The van der Waals surface area contributed by atoms with Crippen molar-refractivity contribution in [3.8, 4) is 0 Å². The summed E-state index contributed by atoms with van der Waals surface area (Å²) in [6.07, 6.45) is 7.77. The Morgan fingerprint density at radius 1 is 1.11 bits per heavy atom. The topological polar surface area (TPSA) is 26.3 Å². The Bertz CT molecular complexity index is 294. The van der Waals surface area contributed by atoms with Crippen LogP contribution in [0.1, 0.15) is 60.3 Å². The lowest BCUT2D eigenvalue weighted by Gasteiger charge is -2.05. The molecule has 18 heavy (non-hydrogen) atoms. The van der Waals surface area contributed by atoms with Gasteiger partial charge < -0.3 is 4.74 Å². The molecule has 0 aromatic carbocycles. The van der Waals surface area contributed by atoms with Gasteiger partial charge in [-0.3, -0.25) is 4.79 Å². The minimum Gasteiger partial charge on any atom is -0.461 e. The molecule has 0 radical (unpaired) electrons. The molecule has 104 valence electrons. The summed E-state index contributed by atoms with van der Waals surface area (Å²) in [5.74, 6) is 0.468. The number of rotatable bonds is 8. The Hall–Kier alpha value is -1.05. The van der Waals surface area contributed by atoms with Crippen molar-refractivity contribution in [3.63, 3.8) is 0 Å². The lowest BCUT2D eigenvalue weighted by molar-refractivity contribution is -0.142. The Morgan fingerprint density at radius 2 is 1.78 bits per heavy atom. The van der Waals surface area contributed by atoms with Crippen molar-refractivity contribution in [2.24, 2.45) is 5.92 Å². The van der Waals surface area contributed by atoms with Gasteiger partial charge in [-0.25, -0.2) is 0 Å². The highest BCUT2D eigenvalue weighted by molar-refractivity contribution is 5.69. The molecule has 0 aliphatic heterocycles. The van der Waals surface area contributed by atoms with Crippen molar-refractivity contribution < 1.29 is 9.53 Å². The number of carbonyl (C=O) groups is 1. The average Bonchev–Trinajstić information content (AvgIpc) is 2.25. The molecule has 0 unspecified atom stereocenters. The molecule has 0 aliphatic rings. The zero-order chi connectivity index (χ0) is 14.0. The van der Waals surface area contributed by atoms with E-state index >= 15 is 0 Å². The first-order valence-electron chi connectivity index (χ1n) is 6.86. The van der Waals surface area contributed by atoms with Crippen LogP contribution in [0.2, 0.25) is 0 Å². The summed E-state index contributed by atoms with van der Waals surface area (Å²) in [5, 5.41) is 0. The summed E-state index contributed by atoms with van der Waals surface area (Å²) >= 11 is 0. The molecule has 0 aliphatic carbocycles. The average molecular weight is 252 g/mol. The Kier molecular flexibility index (Phi) is 9.35. The van der Waals surface area contributed by atoms with E-state index in [9.17, 15) is 4.79 Å². The van der Waals surface area contributed by atoms with Crippen molar-refractivity contribution in [1.82, 2.24) is 0 Å². The van der Waals surface area contributed by atoms with Gasteiger partial charge in [0.05, 0.1) is 0 Å². The zero-order valence-electron chi connectivity index (χ0n) is 12.6. The molecule has 0 rings (SSSR count). The van der Waals surface area contributed by atoms with E-state index in [1.165, 1.54) is 11.1 Å². The minimum absolute atomic E-state index is 0.0861. The minimum atomic E-state index is -0.0861. The first kappa shape index (κ1) is 16.9. The van der Waals surface area contributed by atoms with E-state index in [1.807, 2.05) is 6.08 Å². The third-order valence-corrected chi connectivity index (χ3v) is 2.69. The van der Waals surface area contributed by atoms with E-state index in [4.69, 9.17) is 4.74 Å². The fraction of sp³-hybridized carbons (Fsp3) is 0.688. The number of carbonyl (C=O) groups excluding carboxylic acids is 1. The maximum atomic E-state index is 11.4. The monoisotopic (exact) mass is 252 g/mol. The molecule has 0 N–H and O–H groups in total. The van der Waals surface area contributed by atoms with Gasteiger partial charge in [0.1, 0.15) is 6.61 Å². The van der Waals surface area contributed by atoms with Gasteiger partial charge in [-0.05, 0) is 52.0 Å². The molecule has 0 aromatic heterocycles. The lowest BCUT2D eigenvalue weighted by atomic mass is 10.1. The summed E-state index contributed by atoms with van der Waals surface area (Å²) < 4.78 is 5.16. The van der Waals surface area contributed by atoms with E-state index in [-0.39, 0.29) is 5.97 Å². The van der Waals surface area contributed by atoms with Crippen LogP contribution in [0, 0.1) is 5.92 Å². The van der Waals surface area contributed by atoms with Gasteiger partial charge in [-0.15, -0.1) is 0 Å². The second-order valence-electron chi connectivity index (χ2n) is 5.49. The molecule has 0 fully saturated rings. The van der Waals surface area contributed by atoms with Crippen molar-refractivity contribution in [1.29, 1.82) is 0 Å². The molecular formula is C16H28O2. The fourth-order valence-electron chi connectivity index (χ4n) is 1.45. The standard InChI is InChI=1S/C16H28O2/c1-13(2)7-6-8-15(5)11-12-18-16(17)10-9-14(3)4/h7,11,14H,6,8-10,12H2,1-5H3. The second kappa shape index (κ2) is 9.93. The van der Waals surface area contributed by atoms with Crippen LogP contribution >= 0.6 is 0 Å². The van der Waals surface area contributed by atoms with Gasteiger partial charge in [0.15, 0.2) is 0 Å². The maximum Gasteiger partial charge on any atom is 0.306 e. The Labute approximate surface area is 112 Å². The van der Waals surface area contributed by atoms with E-state index in [0.717, 1.165) is 19.3 Å². The number of hydrogen-bond donors (Lipinski definition) is 0. The number of ether oxygens (including phenoxy) is 1. The van der Waals surface area contributed by atoms with Gasteiger partial charge in [0, 0.05) is 6.42 Å². The highest BCUT2D eigenvalue weighted by Gasteiger charge is 2.03. The number of allylic oxidation sites excluding steroid dienone is 3. The van der Waals surface area contributed by atoms with Crippen LogP contribution in [0.4, 0.5) is 0 Å². The third-order valence-electron chi connectivity index (χ3n) is 2.69. The Balaban J connectivity index is 3.73. The van der Waals surface area contributed by atoms with Gasteiger partial charge in [-0.2, -0.15) is 0 Å². The highest BCUT2D eigenvalue weighted by Crippen LogP contribution is 2.07.